The number of alkyl halides is 3. The van der Waals surface area contributed by atoms with E-state index in [-0.39, 0.29) is 13.1 Å². The van der Waals surface area contributed by atoms with Gasteiger partial charge in [0.25, 0.3) is 11.6 Å². The average Bonchev–Trinajstić information content (AvgIpc) is 2.63. The Bertz CT molecular complexity index is 871. The number of likely N-dealkylation sites (N-methyl/N-ethyl adjacent to an activating group) is 1. The zero-order valence-corrected chi connectivity index (χ0v) is 14.7. The Morgan fingerprint density at radius 2 is 1.93 bits per heavy atom. The van der Waals surface area contributed by atoms with Gasteiger partial charge in [0.2, 0.25) is 0 Å². The van der Waals surface area contributed by atoms with Crippen molar-refractivity contribution in [1.82, 2.24) is 4.90 Å². The maximum Gasteiger partial charge on any atom is 0.420 e. The number of benzene rings is 2. The first kappa shape index (κ1) is 21.1. The highest BCUT2D eigenvalue weighted by Gasteiger charge is 2.36. The molecule has 0 unspecified atom stereocenters. The summed E-state index contributed by atoms with van der Waals surface area (Å²) < 4.78 is 57.7. The summed E-state index contributed by atoms with van der Waals surface area (Å²) >= 11 is 0. The van der Waals surface area contributed by atoms with Crippen LogP contribution >= 0.6 is 0 Å². The minimum Gasteiger partial charge on any atom is -0.483 e. The number of rotatable bonds is 7. The minimum atomic E-state index is -4.89. The van der Waals surface area contributed by atoms with Gasteiger partial charge in [0.1, 0.15) is 17.1 Å². The number of ether oxygens (including phenoxy) is 1. The summed E-state index contributed by atoms with van der Waals surface area (Å²) in [5.41, 5.74) is -1.57. The van der Waals surface area contributed by atoms with Gasteiger partial charge in [-0.25, -0.2) is 4.39 Å². The number of hydrogen-bond acceptors (Lipinski definition) is 4. The normalized spacial score (nSPS) is 11.2. The monoisotopic (exact) mass is 400 g/mol. The third kappa shape index (κ3) is 5.41. The molecule has 0 spiro atoms. The minimum absolute atomic E-state index is 0.0584. The Hall–Kier alpha value is -3.17. The van der Waals surface area contributed by atoms with Gasteiger partial charge < -0.3 is 9.64 Å². The van der Waals surface area contributed by atoms with Gasteiger partial charge in [-0.05, 0) is 30.7 Å². The molecule has 0 fully saturated rings. The number of carbonyl (C=O) groups is 1. The number of non-ortho nitro benzene ring substituents is 1. The van der Waals surface area contributed by atoms with E-state index in [0.29, 0.717) is 11.6 Å². The second kappa shape index (κ2) is 8.68. The Morgan fingerprint density at radius 1 is 1.21 bits per heavy atom. The van der Waals surface area contributed by atoms with Crippen LogP contribution in [0.15, 0.2) is 42.5 Å². The molecule has 0 saturated carbocycles. The second-order valence-corrected chi connectivity index (χ2v) is 5.76. The third-order valence-electron chi connectivity index (χ3n) is 3.83. The van der Waals surface area contributed by atoms with Crippen molar-refractivity contribution in [2.75, 3.05) is 13.2 Å². The Labute approximate surface area is 157 Å². The van der Waals surface area contributed by atoms with Gasteiger partial charge in [-0.2, -0.15) is 13.2 Å². The second-order valence-electron chi connectivity index (χ2n) is 5.76. The summed E-state index contributed by atoms with van der Waals surface area (Å²) in [6.07, 6.45) is -4.89. The van der Waals surface area contributed by atoms with Crippen molar-refractivity contribution in [2.24, 2.45) is 0 Å². The topological polar surface area (TPSA) is 72.7 Å². The summed E-state index contributed by atoms with van der Waals surface area (Å²) in [7, 11) is 0. The van der Waals surface area contributed by atoms with E-state index in [2.05, 4.69) is 0 Å². The standard InChI is InChI=1S/C18H16F4N2O4/c1-2-23(10-12-4-3-5-13(19)8-12)17(25)11-28-16-7-6-14(24(26)27)9-15(16)18(20,21)22/h3-9H,2,10-11H2,1H3. The van der Waals surface area contributed by atoms with E-state index < -0.39 is 46.4 Å². The lowest BCUT2D eigenvalue weighted by molar-refractivity contribution is -0.385. The number of hydrogen-bond donors (Lipinski definition) is 0. The van der Waals surface area contributed by atoms with Crippen LogP contribution in [0.3, 0.4) is 0 Å². The Kier molecular flexibility index (Phi) is 6.55. The molecular weight excluding hydrogens is 384 g/mol. The van der Waals surface area contributed by atoms with E-state index in [9.17, 15) is 32.5 Å². The van der Waals surface area contributed by atoms with Crippen molar-refractivity contribution in [3.63, 3.8) is 0 Å². The molecule has 6 nitrogen and oxygen atoms in total. The fourth-order valence-corrected chi connectivity index (χ4v) is 2.44. The summed E-state index contributed by atoms with van der Waals surface area (Å²) in [5, 5.41) is 10.7. The SMILES string of the molecule is CCN(Cc1cccc(F)c1)C(=O)COc1ccc([N+](=O)[O-])cc1C(F)(F)F. The van der Waals surface area contributed by atoms with Crippen LogP contribution in [-0.2, 0) is 17.5 Å². The summed E-state index contributed by atoms with van der Waals surface area (Å²) in [5.74, 6) is -1.77. The van der Waals surface area contributed by atoms with E-state index in [4.69, 9.17) is 4.74 Å². The molecule has 28 heavy (non-hydrogen) atoms. The van der Waals surface area contributed by atoms with Gasteiger partial charge in [0.05, 0.1) is 4.92 Å². The number of nitro benzene ring substituents is 1. The summed E-state index contributed by atoms with van der Waals surface area (Å²) in [4.78, 5) is 23.3. The molecule has 2 aromatic rings. The molecule has 0 aliphatic heterocycles. The molecular formula is C18H16F4N2O4. The van der Waals surface area contributed by atoms with Crippen LogP contribution in [0.5, 0.6) is 5.75 Å². The van der Waals surface area contributed by atoms with Gasteiger partial charge >= 0.3 is 6.18 Å². The number of halogens is 4. The highest BCUT2D eigenvalue weighted by molar-refractivity contribution is 5.77. The maximum absolute atomic E-state index is 13.3. The van der Waals surface area contributed by atoms with Crippen LogP contribution < -0.4 is 4.74 Å². The zero-order chi connectivity index (χ0) is 20.9. The number of carbonyl (C=O) groups excluding carboxylic acids is 1. The van der Waals surface area contributed by atoms with Crippen molar-refractivity contribution in [1.29, 1.82) is 0 Å². The van der Waals surface area contributed by atoms with Crippen LogP contribution in [0, 0.1) is 15.9 Å². The summed E-state index contributed by atoms with van der Waals surface area (Å²) in [6.45, 7) is 1.24. The first-order valence-corrected chi connectivity index (χ1v) is 8.12. The van der Waals surface area contributed by atoms with Gasteiger partial charge in [-0.3, -0.25) is 14.9 Å². The first-order valence-electron chi connectivity index (χ1n) is 8.12. The van der Waals surface area contributed by atoms with Crippen LogP contribution in [0.1, 0.15) is 18.1 Å². The lowest BCUT2D eigenvalue weighted by Crippen LogP contribution is -2.34. The lowest BCUT2D eigenvalue weighted by atomic mass is 10.1. The van der Waals surface area contributed by atoms with Crippen molar-refractivity contribution >= 4 is 11.6 Å². The predicted molar refractivity (Wildman–Crippen MR) is 91.1 cm³/mol. The Morgan fingerprint density at radius 3 is 2.50 bits per heavy atom. The maximum atomic E-state index is 13.3. The molecule has 0 N–H and O–H groups in total. The molecule has 1 amide bonds. The van der Waals surface area contributed by atoms with E-state index >= 15 is 0 Å². The van der Waals surface area contributed by atoms with Crippen LogP contribution in [-0.4, -0.2) is 28.9 Å². The van der Waals surface area contributed by atoms with E-state index in [1.807, 2.05) is 0 Å². The fourth-order valence-electron chi connectivity index (χ4n) is 2.44. The van der Waals surface area contributed by atoms with Gasteiger partial charge in [0, 0.05) is 25.2 Å². The quantitative estimate of drug-likeness (QED) is 0.397. The highest BCUT2D eigenvalue weighted by atomic mass is 19.4. The molecule has 2 aromatic carbocycles. The molecule has 0 atom stereocenters. The van der Waals surface area contributed by atoms with Gasteiger partial charge in [0.15, 0.2) is 6.61 Å². The van der Waals surface area contributed by atoms with Crippen molar-refractivity contribution in [2.45, 2.75) is 19.6 Å². The molecule has 2 rings (SSSR count). The average molecular weight is 400 g/mol. The molecule has 10 heteroatoms. The van der Waals surface area contributed by atoms with E-state index in [0.717, 1.165) is 12.1 Å². The fraction of sp³-hybridized carbons (Fsp3) is 0.278. The van der Waals surface area contributed by atoms with E-state index in [1.54, 1.807) is 13.0 Å². The summed E-state index contributed by atoms with van der Waals surface area (Å²) in [6, 6.07) is 7.59. The number of nitrogens with zero attached hydrogens (tertiary/aromatic N) is 2. The molecule has 150 valence electrons. The molecule has 0 aliphatic carbocycles. The van der Waals surface area contributed by atoms with E-state index in [1.165, 1.54) is 23.1 Å². The lowest BCUT2D eigenvalue weighted by Gasteiger charge is -2.22. The van der Waals surface area contributed by atoms with Crippen LogP contribution in [0.4, 0.5) is 23.2 Å². The molecule has 0 aliphatic rings. The zero-order valence-electron chi connectivity index (χ0n) is 14.7. The molecule has 0 radical (unpaired) electrons. The molecule has 0 heterocycles. The molecule has 0 saturated heterocycles. The third-order valence-corrected chi connectivity index (χ3v) is 3.83. The van der Waals surface area contributed by atoms with Crippen LogP contribution in [0.25, 0.3) is 0 Å². The van der Waals surface area contributed by atoms with Crippen molar-refractivity contribution in [3.8, 4) is 5.75 Å². The molecule has 0 bridgehead atoms. The first-order chi connectivity index (χ1) is 13.1. The number of nitro groups is 1. The van der Waals surface area contributed by atoms with Gasteiger partial charge in [-0.1, -0.05) is 12.1 Å². The van der Waals surface area contributed by atoms with Crippen LogP contribution in [0.2, 0.25) is 0 Å². The smallest absolute Gasteiger partial charge is 0.420 e. The predicted octanol–water partition coefficient (Wildman–Crippen LogP) is 4.18. The molecule has 0 aromatic heterocycles. The van der Waals surface area contributed by atoms with Crippen molar-refractivity contribution < 1.29 is 32.0 Å². The number of amides is 1. The highest BCUT2D eigenvalue weighted by Crippen LogP contribution is 2.38. The van der Waals surface area contributed by atoms with Gasteiger partial charge in [-0.15, -0.1) is 0 Å². The Balaban J connectivity index is 2.13. The van der Waals surface area contributed by atoms with Crippen molar-refractivity contribution in [3.05, 3.63) is 69.5 Å². The largest absolute Gasteiger partial charge is 0.483 e.